The van der Waals surface area contributed by atoms with Gasteiger partial charge < -0.3 is 41.4 Å². The zero-order valence-electron chi connectivity index (χ0n) is 37.9. The van der Waals surface area contributed by atoms with E-state index in [0.717, 1.165) is 11.1 Å². The molecule has 0 aliphatic carbocycles. The number of carbonyl (C=O) groups is 6. The summed E-state index contributed by atoms with van der Waals surface area (Å²) in [5.74, 6) is -4.11. The lowest BCUT2D eigenvalue weighted by atomic mass is 9.82. The Balaban J connectivity index is 1.71. The Morgan fingerprint density at radius 2 is 1.51 bits per heavy atom. The molecule has 5 amide bonds. The molecular weight excluding hydrogens is 825 g/mol. The largest absolute Gasteiger partial charge is 0.469 e. The van der Waals surface area contributed by atoms with Gasteiger partial charge in [-0.2, -0.15) is 0 Å². The maximum absolute atomic E-state index is 14.8. The molecule has 63 heavy (non-hydrogen) atoms. The molecule has 342 valence electrons. The number of hydrogen-bond donors (Lipinski definition) is 6. The van der Waals surface area contributed by atoms with Gasteiger partial charge in [-0.1, -0.05) is 123 Å². The minimum atomic E-state index is -1.15. The lowest BCUT2D eigenvalue weighted by molar-refractivity contribution is -0.141. The van der Waals surface area contributed by atoms with Crippen LogP contribution in [0.3, 0.4) is 0 Å². The molecule has 6 N–H and O–H groups in total. The van der Waals surface area contributed by atoms with E-state index in [0.29, 0.717) is 5.01 Å². The number of thiazole rings is 1. The first-order valence-electron chi connectivity index (χ1n) is 21.1. The molecule has 0 saturated heterocycles. The number of ether oxygens (including phenoxy) is 2. The summed E-state index contributed by atoms with van der Waals surface area (Å²) in [6, 6.07) is 12.5. The number of carbonyl (C=O) groups excluding carboxylic acids is 6. The van der Waals surface area contributed by atoms with E-state index < -0.39 is 95.0 Å². The van der Waals surface area contributed by atoms with Crippen molar-refractivity contribution in [2.24, 2.45) is 21.7 Å². The number of amides is 5. The van der Waals surface area contributed by atoms with Crippen molar-refractivity contribution in [2.45, 2.75) is 118 Å². The van der Waals surface area contributed by atoms with Gasteiger partial charge in [0.25, 0.3) is 0 Å². The topological polar surface area (TPSA) is 218 Å². The molecule has 0 spiro atoms. The molecule has 7 atom stereocenters. The molecule has 5 unspecified atom stereocenters. The van der Waals surface area contributed by atoms with Crippen molar-refractivity contribution in [2.75, 3.05) is 20.3 Å². The predicted molar refractivity (Wildman–Crippen MR) is 241 cm³/mol. The van der Waals surface area contributed by atoms with Gasteiger partial charge in [-0.25, -0.2) is 4.98 Å². The molecule has 0 bridgehead atoms. The van der Waals surface area contributed by atoms with Gasteiger partial charge in [0.1, 0.15) is 41.6 Å². The van der Waals surface area contributed by atoms with Gasteiger partial charge >= 0.3 is 5.97 Å². The first-order valence-corrected chi connectivity index (χ1v) is 22.0. The van der Waals surface area contributed by atoms with E-state index in [1.807, 2.05) is 109 Å². The molecule has 17 heteroatoms. The first kappa shape index (κ1) is 50.0. The average molecular weight is 889 g/mol. The normalized spacial score (nSPS) is 19.6. The third-order valence-electron chi connectivity index (χ3n) is 10.6. The highest BCUT2D eigenvalue weighted by Gasteiger charge is 2.41. The number of aromatic nitrogens is 1. The first-order chi connectivity index (χ1) is 29.7. The Labute approximate surface area is 374 Å². The maximum Gasteiger partial charge on any atom is 0.308 e. The average Bonchev–Trinajstić information content (AvgIpc) is 3.78. The highest BCUT2D eigenvalue weighted by atomic mass is 32.1. The van der Waals surface area contributed by atoms with Crippen molar-refractivity contribution in [1.29, 1.82) is 0 Å². The molecule has 1 aliphatic heterocycles. The highest BCUT2D eigenvalue weighted by Crippen LogP contribution is 2.27. The number of nitrogens with zero attached hydrogens (tertiary/aromatic N) is 2. The molecule has 1 aromatic heterocycles. The fourth-order valence-corrected chi connectivity index (χ4v) is 7.62. The van der Waals surface area contributed by atoms with Crippen molar-refractivity contribution in [1.82, 2.24) is 36.9 Å². The number of benzene rings is 2. The second-order valence-electron chi connectivity index (χ2n) is 18.2. The fourth-order valence-electron chi connectivity index (χ4n) is 6.93. The molecule has 1 aliphatic rings. The number of nitrogens with one attached hydrogen (secondary N) is 6. The summed E-state index contributed by atoms with van der Waals surface area (Å²) in [4.78, 5) is 92.3. The Bertz CT molecular complexity index is 2030. The van der Waals surface area contributed by atoms with E-state index >= 15 is 0 Å². The number of hydrogen-bond acceptors (Lipinski definition) is 12. The van der Waals surface area contributed by atoms with Crippen LogP contribution in [0.5, 0.6) is 0 Å². The number of amidine groups is 1. The van der Waals surface area contributed by atoms with Crippen LogP contribution in [0.1, 0.15) is 96.8 Å². The summed E-state index contributed by atoms with van der Waals surface area (Å²) < 4.78 is 10.8. The molecule has 4 rings (SSSR count). The standard InChI is InChI=1S/C46H64N8O8S/c1-27(2)35-41(58)54-37(45(4,5)6)39(48-24-33(55)49-32(40(57)51-35)26-62-25-29-17-13-11-14-18-29)53-38(46(7,8)9)43(60)52-36(28(3)30-19-15-12-16-20-30)42(59)50-31(23-34(56)61-10)44-47-21-22-63-44/h11-22,27-28,31-32,35-38H,23-26H2,1-10H3,(H,48,53)(H,49,55)(H,50,59)(H,51,57)(H,52,60)(H,54,58)/t28?,31-,32?,35?,36+,37?,38?/m1/s1. The molecule has 2 aromatic carbocycles. The van der Waals surface area contributed by atoms with Gasteiger partial charge in [-0.15, -0.1) is 11.3 Å². The van der Waals surface area contributed by atoms with Crippen LogP contribution >= 0.6 is 11.3 Å². The van der Waals surface area contributed by atoms with Crippen LogP contribution in [0.4, 0.5) is 0 Å². The van der Waals surface area contributed by atoms with E-state index in [1.165, 1.54) is 18.4 Å². The summed E-state index contributed by atoms with van der Waals surface area (Å²) in [6.07, 6.45) is 1.39. The SMILES string of the molecule is COC(=O)C[C@@H](NC(=O)[C@@H](NC(=O)C(NC1=NCC(=O)NC(COCc2ccccc2)C(=O)NC(C(C)C)C(=O)NC1C(C)(C)C)C(C)(C)C)C(C)c1ccccc1)c1nccs1. The summed E-state index contributed by atoms with van der Waals surface area (Å²) in [7, 11) is 1.26. The van der Waals surface area contributed by atoms with Crippen LogP contribution in [0, 0.1) is 16.7 Å². The van der Waals surface area contributed by atoms with Crippen LogP contribution in [0.25, 0.3) is 0 Å². The lowest BCUT2D eigenvalue weighted by Crippen LogP contribution is -2.65. The molecular formula is C46H64N8O8S. The molecule has 3 aromatic rings. The molecule has 0 fully saturated rings. The van der Waals surface area contributed by atoms with Crippen molar-refractivity contribution in [3.8, 4) is 0 Å². The summed E-state index contributed by atoms with van der Waals surface area (Å²) in [5, 5.41) is 20.1. The third-order valence-corrected chi connectivity index (χ3v) is 11.5. The molecule has 2 heterocycles. The Kier molecular flexibility index (Phi) is 17.9. The van der Waals surface area contributed by atoms with Crippen LogP contribution in [0.15, 0.2) is 77.2 Å². The molecule has 0 radical (unpaired) electrons. The Morgan fingerprint density at radius 1 is 0.857 bits per heavy atom. The van der Waals surface area contributed by atoms with Crippen LogP contribution in [-0.4, -0.2) is 96.8 Å². The number of methoxy groups -OCH3 is 1. The predicted octanol–water partition coefficient (Wildman–Crippen LogP) is 3.94. The van der Waals surface area contributed by atoms with E-state index in [-0.39, 0.29) is 31.4 Å². The minimum Gasteiger partial charge on any atom is -0.469 e. The summed E-state index contributed by atoms with van der Waals surface area (Å²) >= 11 is 1.27. The van der Waals surface area contributed by atoms with E-state index in [9.17, 15) is 28.8 Å². The zero-order chi connectivity index (χ0) is 46.5. The lowest BCUT2D eigenvalue weighted by Gasteiger charge is -2.39. The Morgan fingerprint density at radius 3 is 2.08 bits per heavy atom. The van der Waals surface area contributed by atoms with E-state index in [2.05, 4.69) is 36.9 Å². The number of aliphatic imine (C=N–C) groups is 1. The van der Waals surface area contributed by atoms with Gasteiger partial charge in [0.15, 0.2) is 0 Å². The highest BCUT2D eigenvalue weighted by molar-refractivity contribution is 7.09. The van der Waals surface area contributed by atoms with Crippen LogP contribution in [0.2, 0.25) is 0 Å². The van der Waals surface area contributed by atoms with Gasteiger partial charge in [-0.3, -0.25) is 33.8 Å². The van der Waals surface area contributed by atoms with Crippen molar-refractivity contribution in [3.63, 3.8) is 0 Å². The number of rotatable bonds is 15. The zero-order valence-corrected chi connectivity index (χ0v) is 38.8. The molecule has 0 saturated carbocycles. The third kappa shape index (κ3) is 14.7. The monoisotopic (exact) mass is 888 g/mol. The fraction of sp³-hybridized carbons (Fsp3) is 0.522. The van der Waals surface area contributed by atoms with Gasteiger partial charge in [0.05, 0.1) is 38.8 Å². The van der Waals surface area contributed by atoms with Crippen molar-refractivity contribution in [3.05, 3.63) is 88.4 Å². The minimum absolute atomic E-state index is 0.145. The van der Waals surface area contributed by atoms with E-state index in [1.54, 1.807) is 25.4 Å². The Hall–Kier alpha value is -5.68. The number of esters is 1. The van der Waals surface area contributed by atoms with Crippen LogP contribution < -0.4 is 31.9 Å². The van der Waals surface area contributed by atoms with Gasteiger partial charge in [0, 0.05) is 17.5 Å². The summed E-state index contributed by atoms with van der Waals surface area (Å²) in [6.45, 7) is 16.1. The van der Waals surface area contributed by atoms with Crippen molar-refractivity contribution >= 4 is 52.7 Å². The van der Waals surface area contributed by atoms with Crippen LogP contribution in [-0.2, 0) is 44.8 Å². The van der Waals surface area contributed by atoms with Gasteiger partial charge in [0.2, 0.25) is 29.5 Å². The van der Waals surface area contributed by atoms with Gasteiger partial charge in [-0.05, 0) is 27.9 Å². The quantitative estimate of drug-likeness (QED) is 0.121. The summed E-state index contributed by atoms with van der Waals surface area (Å²) in [5.41, 5.74) is 0.0709. The second kappa shape index (κ2) is 22.6. The second-order valence-corrected chi connectivity index (χ2v) is 19.1. The van der Waals surface area contributed by atoms with Crippen molar-refractivity contribution < 1.29 is 38.2 Å². The maximum atomic E-state index is 14.8. The van der Waals surface area contributed by atoms with E-state index in [4.69, 9.17) is 14.5 Å². The molecule has 16 nitrogen and oxygen atoms in total. The smallest absolute Gasteiger partial charge is 0.308 e.